The summed E-state index contributed by atoms with van der Waals surface area (Å²) in [7, 11) is 1.06. The van der Waals surface area contributed by atoms with Crippen molar-refractivity contribution in [3.8, 4) is 0 Å². The standard InChI is InChI=1S/C22H29N5O6S.CH4O4S/c1-13-18(21(31)25-12-10-17(29)33-4)34-22(27(13)2)26-20(30)15-7-5-14(6-8-15)19(23)24-11-9-16(28)32-3;1-5-6(2,3)4/h5-8,13,18H,9-12H2,1-4H3,(H2,23,24)(H,25,31);1H3,(H,2,3,4). The van der Waals surface area contributed by atoms with Gasteiger partial charge in [0.1, 0.15) is 11.1 Å². The summed E-state index contributed by atoms with van der Waals surface area (Å²) in [6, 6.07) is 6.17. The van der Waals surface area contributed by atoms with Crippen LogP contribution in [0.15, 0.2) is 29.3 Å². The van der Waals surface area contributed by atoms with Gasteiger partial charge in [0.25, 0.3) is 5.91 Å². The largest absolute Gasteiger partial charge is 0.469 e. The molecule has 1 fully saturated rings. The zero-order chi connectivity index (χ0) is 30.5. The lowest BCUT2D eigenvalue weighted by Gasteiger charge is -2.19. The van der Waals surface area contributed by atoms with Crippen LogP contribution in [0.2, 0.25) is 0 Å². The maximum Gasteiger partial charge on any atom is 0.397 e. The number of methoxy groups -OCH3 is 2. The zero-order valence-corrected chi connectivity index (χ0v) is 24.3. The predicted octanol–water partition coefficient (Wildman–Crippen LogP) is 0.211. The molecule has 1 aromatic rings. The van der Waals surface area contributed by atoms with Gasteiger partial charge in [-0.2, -0.15) is 13.4 Å². The molecule has 40 heavy (non-hydrogen) atoms. The van der Waals surface area contributed by atoms with Crippen LogP contribution in [0.5, 0.6) is 0 Å². The highest BCUT2D eigenvalue weighted by molar-refractivity contribution is 8.15. The molecule has 222 valence electrons. The number of carbonyl (C=O) groups is 4. The average molecular weight is 604 g/mol. The van der Waals surface area contributed by atoms with Gasteiger partial charge in [0.05, 0.1) is 34.2 Å². The summed E-state index contributed by atoms with van der Waals surface area (Å²) in [5.41, 5.74) is 0.894. The minimum absolute atomic E-state index is 0.0809. The molecule has 1 heterocycles. The fourth-order valence-corrected chi connectivity index (χ4v) is 4.23. The van der Waals surface area contributed by atoms with Crippen LogP contribution in [-0.4, -0.2) is 105 Å². The normalized spacial score (nSPS) is 17.4. The van der Waals surface area contributed by atoms with Crippen LogP contribution in [0.4, 0.5) is 0 Å². The molecule has 1 aliphatic heterocycles. The summed E-state index contributed by atoms with van der Waals surface area (Å²) in [5.74, 6) is -1.37. The van der Waals surface area contributed by atoms with Crippen LogP contribution in [-0.2, 0) is 38.4 Å². The van der Waals surface area contributed by atoms with Crippen molar-refractivity contribution in [3.05, 3.63) is 35.4 Å². The van der Waals surface area contributed by atoms with Crippen LogP contribution < -0.4 is 10.6 Å². The van der Waals surface area contributed by atoms with E-state index in [9.17, 15) is 27.6 Å². The van der Waals surface area contributed by atoms with Gasteiger partial charge in [-0.15, -0.1) is 0 Å². The van der Waals surface area contributed by atoms with E-state index in [0.717, 1.165) is 7.11 Å². The van der Waals surface area contributed by atoms with Gasteiger partial charge >= 0.3 is 22.3 Å². The Hall–Kier alpha value is -3.54. The van der Waals surface area contributed by atoms with Gasteiger partial charge in [-0.1, -0.05) is 23.9 Å². The third-order valence-corrected chi connectivity index (χ3v) is 7.26. The monoisotopic (exact) mass is 603 g/mol. The molecule has 0 bridgehead atoms. The van der Waals surface area contributed by atoms with E-state index < -0.39 is 27.5 Å². The second-order valence-corrected chi connectivity index (χ2v) is 10.3. The first-order valence-electron chi connectivity index (χ1n) is 11.6. The minimum Gasteiger partial charge on any atom is -0.469 e. The van der Waals surface area contributed by atoms with Crippen molar-refractivity contribution in [3.63, 3.8) is 0 Å². The van der Waals surface area contributed by atoms with Crippen molar-refractivity contribution in [2.75, 3.05) is 41.5 Å². The van der Waals surface area contributed by atoms with Crippen molar-refractivity contribution in [2.24, 2.45) is 4.99 Å². The van der Waals surface area contributed by atoms with Crippen LogP contribution >= 0.6 is 11.8 Å². The van der Waals surface area contributed by atoms with Crippen LogP contribution in [0, 0.1) is 5.41 Å². The third-order valence-electron chi connectivity index (χ3n) is 5.38. The SMILES string of the molecule is COC(=O)CCNC(=N)c1ccc(C(=O)N=C2SC(C(=O)NCCC(=O)OC)C(C)N2C)cc1.COS(=O)(=O)O. The Bertz CT molecular complexity index is 1200. The first kappa shape index (κ1) is 34.5. The number of esters is 2. The second kappa shape index (κ2) is 16.5. The molecule has 2 atom stereocenters. The van der Waals surface area contributed by atoms with Gasteiger partial charge < -0.3 is 25.0 Å². The van der Waals surface area contributed by atoms with Crippen LogP contribution in [0.25, 0.3) is 0 Å². The lowest BCUT2D eigenvalue weighted by molar-refractivity contribution is -0.141. The molecular formula is C23H33N5O10S2. The van der Waals surface area contributed by atoms with E-state index in [1.54, 1.807) is 36.2 Å². The summed E-state index contributed by atoms with van der Waals surface area (Å²) in [6.45, 7) is 2.29. The molecule has 0 spiro atoms. The number of nitrogens with zero attached hydrogens (tertiary/aromatic N) is 2. The Kier molecular flexibility index (Phi) is 14.3. The molecule has 1 aliphatic rings. The van der Waals surface area contributed by atoms with Crippen molar-refractivity contribution >= 4 is 56.9 Å². The lowest BCUT2D eigenvalue weighted by atomic mass is 10.1. The number of thioether (sulfide) groups is 1. The molecule has 1 saturated heterocycles. The number of ether oxygens (including phenoxy) is 2. The smallest absolute Gasteiger partial charge is 0.397 e. The summed E-state index contributed by atoms with van der Waals surface area (Å²) in [5, 5.41) is 13.5. The van der Waals surface area contributed by atoms with Gasteiger partial charge in [0.15, 0.2) is 5.17 Å². The molecular weight excluding hydrogens is 570 g/mol. The summed E-state index contributed by atoms with van der Waals surface area (Å²) in [6.07, 6.45) is 0.221. The molecule has 2 amide bonds. The fraction of sp³-hybridized carbons (Fsp3) is 0.478. The molecule has 0 aromatic heterocycles. The molecule has 0 aliphatic carbocycles. The van der Waals surface area contributed by atoms with Crippen molar-refractivity contribution in [1.29, 1.82) is 5.41 Å². The van der Waals surface area contributed by atoms with E-state index >= 15 is 0 Å². The molecule has 4 N–H and O–H groups in total. The number of carbonyl (C=O) groups excluding carboxylic acids is 4. The molecule has 17 heteroatoms. The van der Waals surface area contributed by atoms with Crippen molar-refractivity contribution < 1.29 is 45.8 Å². The molecule has 0 saturated carbocycles. The first-order chi connectivity index (χ1) is 18.7. The zero-order valence-electron chi connectivity index (χ0n) is 22.6. The van der Waals surface area contributed by atoms with Gasteiger partial charge in [0, 0.05) is 37.3 Å². The van der Waals surface area contributed by atoms with Gasteiger partial charge in [-0.05, 0) is 19.1 Å². The average Bonchev–Trinajstić information content (AvgIpc) is 3.21. The van der Waals surface area contributed by atoms with E-state index in [4.69, 9.17) is 9.96 Å². The quantitative estimate of drug-likeness (QED) is 0.122. The minimum atomic E-state index is -4.16. The maximum atomic E-state index is 12.7. The van der Waals surface area contributed by atoms with E-state index in [-0.39, 0.29) is 49.7 Å². The Morgan fingerprint density at radius 3 is 1.95 bits per heavy atom. The van der Waals surface area contributed by atoms with E-state index in [1.807, 2.05) is 6.92 Å². The van der Waals surface area contributed by atoms with Gasteiger partial charge in [-0.3, -0.25) is 33.3 Å². The Balaban J connectivity index is 0.00000120. The summed E-state index contributed by atoms with van der Waals surface area (Å²) < 4.78 is 38.8. The number of rotatable bonds is 10. The first-order valence-corrected chi connectivity index (χ1v) is 13.9. The number of amides is 2. The number of aliphatic imine (C=N–C) groups is 1. The Morgan fingerprint density at radius 1 is 1.00 bits per heavy atom. The van der Waals surface area contributed by atoms with Crippen LogP contribution in [0.3, 0.4) is 0 Å². The highest BCUT2D eigenvalue weighted by Crippen LogP contribution is 2.31. The Labute approximate surface area is 236 Å². The molecule has 0 radical (unpaired) electrons. The van der Waals surface area contributed by atoms with Crippen LogP contribution in [0.1, 0.15) is 35.7 Å². The number of nitrogens with one attached hydrogen (secondary N) is 3. The number of hydrogen-bond donors (Lipinski definition) is 4. The van der Waals surface area contributed by atoms with E-state index in [0.29, 0.717) is 16.3 Å². The highest BCUT2D eigenvalue weighted by atomic mass is 32.3. The molecule has 1 aromatic carbocycles. The van der Waals surface area contributed by atoms with Crippen molar-refractivity contribution in [2.45, 2.75) is 31.1 Å². The third kappa shape index (κ3) is 11.7. The maximum absolute atomic E-state index is 12.7. The van der Waals surface area contributed by atoms with Gasteiger partial charge in [0.2, 0.25) is 5.91 Å². The van der Waals surface area contributed by atoms with Crippen molar-refractivity contribution in [1.82, 2.24) is 15.5 Å². The molecule has 15 nitrogen and oxygen atoms in total. The fourth-order valence-electron chi connectivity index (χ4n) is 2.97. The molecule has 2 rings (SSSR count). The summed E-state index contributed by atoms with van der Waals surface area (Å²) in [4.78, 5) is 53.5. The van der Waals surface area contributed by atoms with E-state index in [1.165, 1.54) is 26.0 Å². The predicted molar refractivity (Wildman–Crippen MR) is 146 cm³/mol. The Morgan fingerprint density at radius 2 is 1.48 bits per heavy atom. The topological polar surface area (TPSA) is 214 Å². The summed E-state index contributed by atoms with van der Waals surface area (Å²) >= 11 is 1.19. The van der Waals surface area contributed by atoms with E-state index in [2.05, 4.69) is 29.3 Å². The lowest BCUT2D eigenvalue weighted by Crippen LogP contribution is -2.41. The molecule has 2 unspecified atom stereocenters. The van der Waals surface area contributed by atoms with Gasteiger partial charge in [-0.25, -0.2) is 0 Å². The number of amidine groups is 2. The highest BCUT2D eigenvalue weighted by Gasteiger charge is 2.39. The number of hydrogen-bond acceptors (Lipinski definition) is 11. The second-order valence-electron chi connectivity index (χ2n) is 8.01. The number of benzene rings is 1.